The van der Waals surface area contributed by atoms with Crippen molar-refractivity contribution < 1.29 is 31.5 Å². The summed E-state index contributed by atoms with van der Waals surface area (Å²) in [5.41, 5.74) is 0.118. The van der Waals surface area contributed by atoms with Gasteiger partial charge in [0, 0.05) is 49.3 Å². The molecule has 1 aromatic carbocycles. The van der Waals surface area contributed by atoms with Crippen molar-refractivity contribution in [3.63, 3.8) is 0 Å². The fraction of sp³-hybridized carbons (Fsp3) is 0.381. The number of carbonyl (C=O) groups is 1. The number of primary sulfonamides is 1. The number of halogens is 2. The number of carbonyl (C=O) groups excluding carboxylic acids is 1. The molecule has 0 bridgehead atoms. The second-order valence-corrected chi connectivity index (χ2v) is 9.65. The normalized spacial score (nSPS) is 15.2. The lowest BCUT2D eigenvalue weighted by Gasteiger charge is -2.31. The topological polar surface area (TPSA) is 129 Å². The van der Waals surface area contributed by atoms with E-state index in [-0.39, 0.29) is 35.1 Å². The highest BCUT2D eigenvalue weighted by Gasteiger charge is 2.27. The fourth-order valence-electron chi connectivity index (χ4n) is 3.71. The molecule has 1 amide bonds. The Bertz CT molecular complexity index is 1340. The first kappa shape index (κ1) is 23.8. The minimum Gasteiger partial charge on any atom is -0.474 e. The van der Waals surface area contributed by atoms with Gasteiger partial charge in [0.25, 0.3) is 0 Å². The number of nitrogens with zero attached hydrogens (tertiary/aromatic N) is 4. The van der Waals surface area contributed by atoms with Crippen molar-refractivity contribution in [1.29, 1.82) is 0 Å². The average molecular weight is 496 g/mol. The van der Waals surface area contributed by atoms with E-state index in [1.165, 1.54) is 16.9 Å². The highest BCUT2D eigenvalue weighted by atomic mass is 32.2. The van der Waals surface area contributed by atoms with Crippen LogP contribution >= 0.6 is 0 Å². The Balaban J connectivity index is 1.56. The number of rotatable bonds is 5. The van der Waals surface area contributed by atoms with Gasteiger partial charge < -0.3 is 14.4 Å². The third-order valence-electron chi connectivity index (χ3n) is 5.31. The molecule has 0 spiro atoms. The zero-order valence-electron chi connectivity index (χ0n) is 18.4. The molecule has 0 atom stereocenters. The van der Waals surface area contributed by atoms with Crippen LogP contribution in [0.4, 0.5) is 13.6 Å². The standard InChI is InChI=1S/C21H23F2N5O5S/c1-12(2)32-21(29)27-7-4-13(5-8-27)33-19-3-6-25-20-15(11-26-28(19)20)14-9-17(23)18(10-16(14)22)34(24,30)31/h3,6,9-13H,4-5,7-8H2,1-2H3,(H2,24,30,31). The Morgan fingerprint density at radius 2 is 1.88 bits per heavy atom. The summed E-state index contributed by atoms with van der Waals surface area (Å²) in [5.74, 6) is -1.84. The van der Waals surface area contributed by atoms with E-state index < -0.39 is 26.6 Å². The number of piperidine rings is 1. The molecule has 1 aliphatic rings. The Kier molecular flexibility index (Phi) is 6.41. The van der Waals surface area contributed by atoms with E-state index in [1.807, 2.05) is 0 Å². The van der Waals surface area contributed by atoms with Crippen LogP contribution in [0.3, 0.4) is 0 Å². The third-order valence-corrected chi connectivity index (χ3v) is 6.23. The minimum absolute atomic E-state index is 0.147. The molecule has 13 heteroatoms. The number of fused-ring (bicyclic) bond motifs is 1. The Morgan fingerprint density at radius 3 is 2.53 bits per heavy atom. The summed E-state index contributed by atoms with van der Waals surface area (Å²) in [6.07, 6.45) is 3.10. The number of hydrogen-bond acceptors (Lipinski definition) is 7. The molecule has 3 heterocycles. The van der Waals surface area contributed by atoms with Gasteiger partial charge in [-0.25, -0.2) is 32.1 Å². The van der Waals surface area contributed by atoms with Crippen molar-refractivity contribution >= 4 is 21.8 Å². The fourth-order valence-corrected chi connectivity index (χ4v) is 4.30. The highest BCUT2D eigenvalue weighted by molar-refractivity contribution is 7.89. The Labute approximate surface area is 194 Å². The molecule has 0 aliphatic carbocycles. The summed E-state index contributed by atoms with van der Waals surface area (Å²) in [6, 6.07) is 2.86. The molecule has 0 radical (unpaired) electrons. The molecule has 1 aliphatic heterocycles. The van der Waals surface area contributed by atoms with Gasteiger partial charge in [-0.3, -0.25) is 0 Å². The SMILES string of the molecule is CC(C)OC(=O)N1CCC(Oc2ccnc3c(-c4cc(F)c(S(N)(=O)=O)cc4F)cnn23)CC1. The van der Waals surface area contributed by atoms with Gasteiger partial charge in [0.15, 0.2) is 5.65 Å². The molecule has 2 N–H and O–H groups in total. The quantitative estimate of drug-likeness (QED) is 0.576. The first-order valence-corrected chi connectivity index (χ1v) is 12.1. The average Bonchev–Trinajstić information content (AvgIpc) is 3.19. The summed E-state index contributed by atoms with van der Waals surface area (Å²) in [4.78, 5) is 16.9. The summed E-state index contributed by atoms with van der Waals surface area (Å²) in [7, 11) is -4.43. The Morgan fingerprint density at radius 1 is 1.18 bits per heavy atom. The number of hydrogen-bond donors (Lipinski definition) is 1. The molecule has 3 aromatic rings. The lowest BCUT2D eigenvalue weighted by molar-refractivity contribution is 0.0502. The summed E-state index contributed by atoms with van der Waals surface area (Å²) < 4.78 is 64.5. The summed E-state index contributed by atoms with van der Waals surface area (Å²) in [6.45, 7) is 4.51. The van der Waals surface area contributed by atoms with Crippen LogP contribution in [0.5, 0.6) is 5.88 Å². The maximum atomic E-state index is 14.7. The van der Waals surface area contributed by atoms with Gasteiger partial charge >= 0.3 is 6.09 Å². The van der Waals surface area contributed by atoms with E-state index in [0.717, 1.165) is 6.07 Å². The summed E-state index contributed by atoms with van der Waals surface area (Å²) in [5, 5.41) is 9.12. The van der Waals surface area contributed by atoms with Crippen LogP contribution in [0.1, 0.15) is 26.7 Å². The molecule has 1 saturated heterocycles. The van der Waals surface area contributed by atoms with Crippen LogP contribution in [-0.2, 0) is 14.8 Å². The van der Waals surface area contributed by atoms with E-state index in [0.29, 0.717) is 37.9 Å². The first-order valence-electron chi connectivity index (χ1n) is 10.5. The van der Waals surface area contributed by atoms with Crippen molar-refractivity contribution in [1.82, 2.24) is 19.5 Å². The van der Waals surface area contributed by atoms with E-state index in [4.69, 9.17) is 14.6 Å². The second kappa shape index (κ2) is 9.14. The smallest absolute Gasteiger partial charge is 0.410 e. The molecule has 10 nitrogen and oxygen atoms in total. The minimum atomic E-state index is -4.43. The summed E-state index contributed by atoms with van der Waals surface area (Å²) >= 11 is 0. The molecule has 2 aromatic heterocycles. The molecule has 1 fully saturated rings. The van der Waals surface area contributed by atoms with Crippen LogP contribution in [0.15, 0.2) is 35.5 Å². The second-order valence-electron chi connectivity index (χ2n) is 8.12. The van der Waals surface area contributed by atoms with Crippen molar-refractivity contribution in [3.8, 4) is 17.0 Å². The van der Waals surface area contributed by atoms with Crippen LogP contribution < -0.4 is 9.88 Å². The maximum absolute atomic E-state index is 14.7. The monoisotopic (exact) mass is 495 g/mol. The largest absolute Gasteiger partial charge is 0.474 e. The van der Waals surface area contributed by atoms with Gasteiger partial charge in [-0.2, -0.15) is 9.61 Å². The highest BCUT2D eigenvalue weighted by Crippen LogP contribution is 2.31. The number of aromatic nitrogens is 3. The van der Waals surface area contributed by atoms with E-state index in [2.05, 4.69) is 10.1 Å². The lowest BCUT2D eigenvalue weighted by Crippen LogP contribution is -2.42. The number of amides is 1. The van der Waals surface area contributed by atoms with Crippen LogP contribution in [0, 0.1) is 11.6 Å². The van der Waals surface area contributed by atoms with Crippen molar-refractivity contribution in [3.05, 3.63) is 42.2 Å². The van der Waals surface area contributed by atoms with Crippen molar-refractivity contribution in [2.24, 2.45) is 5.14 Å². The van der Waals surface area contributed by atoms with Crippen molar-refractivity contribution in [2.45, 2.75) is 43.8 Å². The molecule has 0 unspecified atom stereocenters. The van der Waals surface area contributed by atoms with Gasteiger partial charge in [-0.05, 0) is 26.0 Å². The predicted octanol–water partition coefficient (Wildman–Crippen LogP) is 2.71. The van der Waals surface area contributed by atoms with Gasteiger partial charge in [-0.1, -0.05) is 0 Å². The van der Waals surface area contributed by atoms with E-state index >= 15 is 0 Å². The van der Waals surface area contributed by atoms with Gasteiger partial charge in [0.2, 0.25) is 15.9 Å². The van der Waals surface area contributed by atoms with Crippen LogP contribution in [0.25, 0.3) is 16.8 Å². The van der Waals surface area contributed by atoms with Gasteiger partial charge in [0.05, 0.1) is 12.3 Å². The maximum Gasteiger partial charge on any atom is 0.410 e. The number of sulfonamides is 1. The number of benzene rings is 1. The number of nitrogens with two attached hydrogens (primary N) is 1. The predicted molar refractivity (Wildman–Crippen MR) is 117 cm³/mol. The zero-order chi connectivity index (χ0) is 24.6. The van der Waals surface area contributed by atoms with Crippen LogP contribution in [-0.4, -0.2) is 59.3 Å². The molecule has 4 rings (SSSR count). The third kappa shape index (κ3) is 4.80. The molecule has 182 valence electrons. The Hall–Kier alpha value is -3.32. The number of ether oxygens (including phenoxy) is 2. The van der Waals surface area contributed by atoms with Gasteiger partial charge in [0.1, 0.15) is 22.6 Å². The molecule has 0 saturated carbocycles. The molecular weight excluding hydrogens is 472 g/mol. The van der Waals surface area contributed by atoms with Crippen molar-refractivity contribution in [2.75, 3.05) is 13.1 Å². The number of likely N-dealkylation sites (tertiary alicyclic amines) is 1. The first-order chi connectivity index (χ1) is 16.0. The van der Waals surface area contributed by atoms with E-state index in [1.54, 1.807) is 24.8 Å². The zero-order valence-corrected chi connectivity index (χ0v) is 19.3. The lowest BCUT2D eigenvalue weighted by atomic mass is 10.1. The van der Waals surface area contributed by atoms with E-state index in [9.17, 15) is 22.0 Å². The molecular formula is C21H23F2N5O5S. The van der Waals surface area contributed by atoms with Gasteiger partial charge in [-0.15, -0.1) is 0 Å². The molecule has 34 heavy (non-hydrogen) atoms. The van der Waals surface area contributed by atoms with Crippen LogP contribution in [0.2, 0.25) is 0 Å².